The third kappa shape index (κ3) is 4.82. The molecule has 0 saturated carbocycles. The Morgan fingerprint density at radius 2 is 2.00 bits per heavy atom. The maximum Gasteiger partial charge on any atom is 0.340 e. The van der Waals surface area contributed by atoms with E-state index in [-0.39, 0.29) is 16.9 Å². The Hall–Kier alpha value is -3.59. The second-order valence-corrected chi connectivity index (χ2v) is 7.10. The van der Waals surface area contributed by atoms with E-state index in [9.17, 15) is 19.7 Å². The standard InChI is InChI=1S/C20H17N3O5S/c1-12-16(8-9-17(21-12)18-7-4-10-29-18)20(25)28-13(2)19(24)22-14-5-3-6-15(11-14)23(26)27/h3-11,13H,1-2H3,(H,22,24). The predicted molar refractivity (Wildman–Crippen MR) is 109 cm³/mol. The molecule has 0 fully saturated rings. The largest absolute Gasteiger partial charge is 0.449 e. The monoisotopic (exact) mass is 411 g/mol. The third-order valence-electron chi connectivity index (χ3n) is 4.06. The Labute approximate surface area is 170 Å². The van der Waals surface area contributed by atoms with Crippen molar-refractivity contribution in [2.24, 2.45) is 0 Å². The zero-order valence-corrected chi connectivity index (χ0v) is 16.4. The number of amides is 1. The van der Waals surface area contributed by atoms with Gasteiger partial charge in [-0.25, -0.2) is 4.79 Å². The molecule has 3 rings (SSSR count). The molecule has 0 aliphatic carbocycles. The molecule has 1 amide bonds. The lowest BCUT2D eigenvalue weighted by atomic mass is 10.1. The first-order valence-corrected chi connectivity index (χ1v) is 9.51. The number of anilines is 1. The summed E-state index contributed by atoms with van der Waals surface area (Å²) < 4.78 is 5.24. The highest BCUT2D eigenvalue weighted by Crippen LogP contribution is 2.24. The van der Waals surface area contributed by atoms with Gasteiger partial charge in [-0.05, 0) is 43.5 Å². The maximum atomic E-state index is 12.4. The average molecular weight is 411 g/mol. The van der Waals surface area contributed by atoms with E-state index < -0.39 is 22.9 Å². The second kappa shape index (κ2) is 8.61. The zero-order valence-electron chi connectivity index (χ0n) is 15.6. The lowest BCUT2D eigenvalue weighted by Gasteiger charge is -2.14. The number of esters is 1. The van der Waals surface area contributed by atoms with Gasteiger partial charge in [0, 0.05) is 17.8 Å². The third-order valence-corrected chi connectivity index (χ3v) is 4.95. The summed E-state index contributed by atoms with van der Waals surface area (Å²) in [6, 6.07) is 12.7. The number of non-ortho nitro benzene ring substituents is 1. The van der Waals surface area contributed by atoms with Crippen LogP contribution in [-0.2, 0) is 9.53 Å². The molecular weight excluding hydrogens is 394 g/mol. The van der Waals surface area contributed by atoms with Crippen molar-refractivity contribution in [3.8, 4) is 10.6 Å². The number of ether oxygens (including phenoxy) is 1. The van der Waals surface area contributed by atoms with Crippen LogP contribution in [0.3, 0.4) is 0 Å². The summed E-state index contributed by atoms with van der Waals surface area (Å²) in [5.41, 5.74) is 1.60. The Morgan fingerprint density at radius 1 is 1.21 bits per heavy atom. The minimum atomic E-state index is -1.10. The number of carbonyl (C=O) groups excluding carboxylic acids is 2. The molecule has 1 atom stereocenters. The second-order valence-electron chi connectivity index (χ2n) is 6.15. The van der Waals surface area contributed by atoms with Gasteiger partial charge in [0.15, 0.2) is 6.10 Å². The van der Waals surface area contributed by atoms with Crippen LogP contribution >= 0.6 is 11.3 Å². The highest BCUT2D eigenvalue weighted by atomic mass is 32.1. The number of nitrogens with one attached hydrogen (secondary N) is 1. The molecule has 0 spiro atoms. The first-order valence-electron chi connectivity index (χ1n) is 8.63. The van der Waals surface area contributed by atoms with Crippen LogP contribution in [0.15, 0.2) is 53.9 Å². The minimum Gasteiger partial charge on any atom is -0.449 e. The number of hydrogen-bond donors (Lipinski definition) is 1. The molecule has 1 N–H and O–H groups in total. The summed E-state index contributed by atoms with van der Waals surface area (Å²) >= 11 is 1.54. The number of aryl methyl sites for hydroxylation is 1. The van der Waals surface area contributed by atoms with Crippen molar-refractivity contribution in [2.45, 2.75) is 20.0 Å². The zero-order chi connectivity index (χ0) is 21.0. The first kappa shape index (κ1) is 20.2. The summed E-state index contributed by atoms with van der Waals surface area (Å²) in [6.45, 7) is 3.12. The molecule has 1 unspecified atom stereocenters. The van der Waals surface area contributed by atoms with Gasteiger partial charge in [-0.3, -0.25) is 19.9 Å². The topological polar surface area (TPSA) is 111 Å². The van der Waals surface area contributed by atoms with Crippen LogP contribution < -0.4 is 5.32 Å². The molecule has 1 aromatic carbocycles. The van der Waals surface area contributed by atoms with Crippen molar-refractivity contribution in [1.82, 2.24) is 4.98 Å². The molecule has 0 radical (unpaired) electrons. The SMILES string of the molecule is Cc1nc(-c2cccs2)ccc1C(=O)OC(C)C(=O)Nc1cccc([N+](=O)[O-])c1. The fraction of sp³-hybridized carbons (Fsp3) is 0.150. The van der Waals surface area contributed by atoms with E-state index in [1.165, 1.54) is 31.2 Å². The van der Waals surface area contributed by atoms with Gasteiger partial charge in [0.05, 0.1) is 26.8 Å². The van der Waals surface area contributed by atoms with E-state index in [1.807, 2.05) is 17.5 Å². The average Bonchev–Trinajstić information content (AvgIpc) is 3.22. The van der Waals surface area contributed by atoms with Gasteiger partial charge < -0.3 is 10.1 Å². The van der Waals surface area contributed by atoms with Crippen molar-refractivity contribution < 1.29 is 19.2 Å². The summed E-state index contributed by atoms with van der Waals surface area (Å²) in [5.74, 6) is -1.27. The van der Waals surface area contributed by atoms with Crippen LogP contribution in [0.2, 0.25) is 0 Å². The normalized spacial score (nSPS) is 11.5. The smallest absolute Gasteiger partial charge is 0.340 e. The molecule has 9 heteroatoms. The Kier molecular flexibility index (Phi) is 5.99. The molecule has 8 nitrogen and oxygen atoms in total. The van der Waals surface area contributed by atoms with E-state index >= 15 is 0 Å². The Morgan fingerprint density at radius 3 is 2.66 bits per heavy atom. The molecule has 29 heavy (non-hydrogen) atoms. The fourth-order valence-corrected chi connectivity index (χ4v) is 3.25. The number of hydrogen-bond acceptors (Lipinski definition) is 7. The molecule has 0 saturated heterocycles. The Balaban J connectivity index is 1.66. The number of aromatic nitrogens is 1. The van der Waals surface area contributed by atoms with E-state index in [0.717, 1.165) is 10.6 Å². The summed E-state index contributed by atoms with van der Waals surface area (Å²) in [6.07, 6.45) is -1.10. The van der Waals surface area contributed by atoms with Crippen LogP contribution in [0.25, 0.3) is 10.6 Å². The number of carbonyl (C=O) groups is 2. The van der Waals surface area contributed by atoms with E-state index in [1.54, 1.807) is 30.4 Å². The van der Waals surface area contributed by atoms with E-state index in [4.69, 9.17) is 4.74 Å². The molecule has 2 heterocycles. The van der Waals surface area contributed by atoms with Gasteiger partial charge in [0.1, 0.15) is 0 Å². The lowest BCUT2D eigenvalue weighted by molar-refractivity contribution is -0.384. The van der Waals surface area contributed by atoms with Gasteiger partial charge in [-0.15, -0.1) is 11.3 Å². The van der Waals surface area contributed by atoms with Gasteiger partial charge in [-0.2, -0.15) is 0 Å². The quantitative estimate of drug-likeness (QED) is 0.369. The van der Waals surface area contributed by atoms with Gasteiger partial charge in [-0.1, -0.05) is 12.1 Å². The van der Waals surface area contributed by atoms with E-state index in [0.29, 0.717) is 5.69 Å². The molecule has 0 aliphatic heterocycles. The van der Waals surface area contributed by atoms with Crippen LogP contribution in [0.5, 0.6) is 0 Å². The van der Waals surface area contributed by atoms with Crippen molar-refractivity contribution in [3.63, 3.8) is 0 Å². The van der Waals surface area contributed by atoms with Crippen LogP contribution in [-0.4, -0.2) is 27.9 Å². The number of nitro benzene ring substituents is 1. The molecular formula is C20H17N3O5S. The fourth-order valence-electron chi connectivity index (χ4n) is 2.56. The number of pyridine rings is 1. The molecule has 2 aromatic heterocycles. The van der Waals surface area contributed by atoms with Gasteiger partial charge >= 0.3 is 5.97 Å². The molecule has 0 aliphatic rings. The lowest BCUT2D eigenvalue weighted by Crippen LogP contribution is -2.30. The molecule has 0 bridgehead atoms. The van der Waals surface area contributed by atoms with Crippen molar-refractivity contribution in [2.75, 3.05) is 5.32 Å². The summed E-state index contributed by atoms with van der Waals surface area (Å²) in [7, 11) is 0. The highest BCUT2D eigenvalue weighted by Gasteiger charge is 2.21. The first-order chi connectivity index (χ1) is 13.8. The van der Waals surface area contributed by atoms with Crippen molar-refractivity contribution in [1.29, 1.82) is 0 Å². The van der Waals surface area contributed by atoms with Gasteiger partial charge in [0.2, 0.25) is 0 Å². The molecule has 148 valence electrons. The maximum absolute atomic E-state index is 12.4. The minimum absolute atomic E-state index is 0.153. The van der Waals surface area contributed by atoms with Crippen molar-refractivity contribution >= 4 is 34.6 Å². The van der Waals surface area contributed by atoms with E-state index in [2.05, 4.69) is 10.3 Å². The van der Waals surface area contributed by atoms with Crippen LogP contribution in [0, 0.1) is 17.0 Å². The van der Waals surface area contributed by atoms with Crippen LogP contribution in [0.1, 0.15) is 23.0 Å². The number of benzene rings is 1. The van der Waals surface area contributed by atoms with Gasteiger partial charge in [0.25, 0.3) is 11.6 Å². The highest BCUT2D eigenvalue weighted by molar-refractivity contribution is 7.13. The number of thiophene rings is 1. The summed E-state index contributed by atoms with van der Waals surface area (Å²) in [4.78, 5) is 40.4. The molecule has 3 aromatic rings. The van der Waals surface area contributed by atoms with Crippen molar-refractivity contribution in [3.05, 3.63) is 75.3 Å². The van der Waals surface area contributed by atoms with Crippen LogP contribution in [0.4, 0.5) is 11.4 Å². The number of nitro groups is 1. The summed E-state index contributed by atoms with van der Waals surface area (Å²) in [5, 5.41) is 15.3. The number of nitrogens with zero attached hydrogens (tertiary/aromatic N) is 2. The Bertz CT molecular complexity index is 1070. The number of rotatable bonds is 6. The predicted octanol–water partition coefficient (Wildman–Crippen LogP) is 4.21.